The highest BCUT2D eigenvalue weighted by atomic mass is 79.9. The lowest BCUT2D eigenvalue weighted by atomic mass is 9.99. The maximum absolute atomic E-state index is 12.6. The number of alkyl carbamates (subject to hydrolysis) is 1. The van der Waals surface area contributed by atoms with Crippen molar-refractivity contribution in [1.82, 2.24) is 5.32 Å². The van der Waals surface area contributed by atoms with Gasteiger partial charge in [0.2, 0.25) is 0 Å². The molecular weight excluding hydrogens is 475 g/mol. The van der Waals surface area contributed by atoms with Gasteiger partial charge in [-0.3, -0.25) is 0 Å². The molecular formula is C18H23BrCl2N2O5. The van der Waals surface area contributed by atoms with Gasteiger partial charge in [-0.05, 0) is 26.8 Å². The fourth-order valence-electron chi connectivity index (χ4n) is 3.12. The van der Waals surface area contributed by atoms with Gasteiger partial charge in [0.05, 0.1) is 36.0 Å². The number of carbonyl (C=O) groups is 2. The van der Waals surface area contributed by atoms with Crippen LogP contribution in [0.2, 0.25) is 10.0 Å². The second-order valence-electron chi connectivity index (χ2n) is 7.51. The maximum atomic E-state index is 12.6. The van der Waals surface area contributed by atoms with E-state index in [-0.39, 0.29) is 24.6 Å². The molecule has 1 aromatic rings. The SMILES string of the molecule is COC(=O)C1(NC(=O)OC(C)(C)C)CCN(c2c(Cl)c(Cl)cc(Br)c2CO)C1. The third-order valence-electron chi connectivity index (χ3n) is 4.31. The number of amides is 1. The molecule has 0 saturated carbocycles. The molecule has 1 aliphatic heterocycles. The number of hydrogen-bond acceptors (Lipinski definition) is 6. The Balaban J connectivity index is 2.39. The molecule has 1 aliphatic rings. The Hall–Kier alpha value is -1.22. The second-order valence-corrected chi connectivity index (χ2v) is 9.15. The highest BCUT2D eigenvalue weighted by Crippen LogP contribution is 2.42. The molecule has 1 saturated heterocycles. The van der Waals surface area contributed by atoms with Crippen molar-refractivity contribution in [2.75, 3.05) is 25.1 Å². The monoisotopic (exact) mass is 496 g/mol. The Kier molecular flexibility index (Phi) is 7.12. The van der Waals surface area contributed by atoms with Crippen LogP contribution in [0, 0.1) is 0 Å². The second kappa shape index (κ2) is 8.65. The van der Waals surface area contributed by atoms with Crippen LogP contribution in [0.3, 0.4) is 0 Å². The van der Waals surface area contributed by atoms with Gasteiger partial charge in [-0.25, -0.2) is 9.59 Å². The van der Waals surface area contributed by atoms with Crippen LogP contribution < -0.4 is 10.2 Å². The predicted molar refractivity (Wildman–Crippen MR) is 111 cm³/mol. The van der Waals surface area contributed by atoms with Crippen LogP contribution in [0.5, 0.6) is 0 Å². The Morgan fingerprint density at radius 3 is 2.57 bits per heavy atom. The standard InChI is InChI=1S/C18H23BrCl2N2O5/c1-17(2,3)28-16(26)22-18(15(25)27-4)5-6-23(9-18)14-10(8-24)11(19)7-12(20)13(14)21/h7,24H,5-6,8-9H2,1-4H3,(H,22,26). The van der Waals surface area contributed by atoms with Crippen molar-refractivity contribution in [3.8, 4) is 0 Å². The van der Waals surface area contributed by atoms with Gasteiger partial charge in [0.25, 0.3) is 0 Å². The van der Waals surface area contributed by atoms with E-state index in [2.05, 4.69) is 21.2 Å². The van der Waals surface area contributed by atoms with E-state index in [0.29, 0.717) is 27.3 Å². The Morgan fingerprint density at radius 2 is 2.04 bits per heavy atom. The summed E-state index contributed by atoms with van der Waals surface area (Å²) < 4.78 is 10.8. The normalized spacial score (nSPS) is 19.5. The number of methoxy groups -OCH3 is 1. The summed E-state index contributed by atoms with van der Waals surface area (Å²) in [6.07, 6.45) is -0.454. The van der Waals surface area contributed by atoms with Gasteiger partial charge < -0.3 is 24.8 Å². The molecule has 0 aromatic heterocycles. The summed E-state index contributed by atoms with van der Waals surface area (Å²) >= 11 is 16.0. The van der Waals surface area contributed by atoms with E-state index in [1.807, 2.05) is 0 Å². The van der Waals surface area contributed by atoms with E-state index in [4.69, 9.17) is 32.7 Å². The number of ether oxygens (including phenoxy) is 2. The van der Waals surface area contributed by atoms with Gasteiger partial charge in [0, 0.05) is 23.0 Å². The van der Waals surface area contributed by atoms with Crippen molar-refractivity contribution >= 4 is 56.9 Å². The van der Waals surface area contributed by atoms with Gasteiger partial charge >= 0.3 is 12.1 Å². The maximum Gasteiger partial charge on any atom is 0.408 e. The molecule has 1 unspecified atom stereocenters. The van der Waals surface area contributed by atoms with Crippen molar-refractivity contribution in [2.45, 2.75) is 44.9 Å². The van der Waals surface area contributed by atoms with E-state index in [1.54, 1.807) is 31.7 Å². The first-order valence-electron chi connectivity index (χ1n) is 8.56. The van der Waals surface area contributed by atoms with Crippen LogP contribution >= 0.6 is 39.1 Å². The van der Waals surface area contributed by atoms with E-state index in [9.17, 15) is 14.7 Å². The number of anilines is 1. The summed E-state index contributed by atoms with van der Waals surface area (Å²) in [4.78, 5) is 26.7. The fraction of sp³-hybridized carbons (Fsp3) is 0.556. The predicted octanol–water partition coefficient (Wildman–Crippen LogP) is 3.89. The minimum atomic E-state index is -1.32. The highest BCUT2D eigenvalue weighted by Gasteiger charge is 2.48. The van der Waals surface area contributed by atoms with Crippen molar-refractivity contribution in [1.29, 1.82) is 0 Å². The summed E-state index contributed by atoms with van der Waals surface area (Å²) in [5.74, 6) is -0.594. The molecule has 0 bridgehead atoms. The number of hydrogen-bond donors (Lipinski definition) is 2. The smallest absolute Gasteiger partial charge is 0.408 e. The third kappa shape index (κ3) is 4.84. The minimum absolute atomic E-state index is 0.0818. The molecule has 7 nitrogen and oxygen atoms in total. The van der Waals surface area contributed by atoms with Crippen molar-refractivity contribution in [3.63, 3.8) is 0 Å². The van der Waals surface area contributed by atoms with Crippen LogP contribution in [-0.4, -0.2) is 48.5 Å². The van der Waals surface area contributed by atoms with Crippen LogP contribution in [0.1, 0.15) is 32.8 Å². The van der Waals surface area contributed by atoms with Gasteiger partial charge in [-0.2, -0.15) is 0 Å². The minimum Gasteiger partial charge on any atom is -0.467 e. The van der Waals surface area contributed by atoms with Crippen LogP contribution in [0.4, 0.5) is 10.5 Å². The zero-order chi connectivity index (χ0) is 21.3. The number of rotatable bonds is 4. The van der Waals surface area contributed by atoms with E-state index >= 15 is 0 Å². The largest absolute Gasteiger partial charge is 0.467 e. The number of aliphatic hydroxyl groups is 1. The first-order valence-corrected chi connectivity index (χ1v) is 10.1. The van der Waals surface area contributed by atoms with Gasteiger partial charge in [0.1, 0.15) is 5.60 Å². The van der Waals surface area contributed by atoms with E-state index < -0.39 is 23.2 Å². The lowest BCUT2D eigenvalue weighted by molar-refractivity contribution is -0.147. The molecule has 10 heteroatoms. The quantitative estimate of drug-likeness (QED) is 0.484. The molecule has 1 heterocycles. The molecule has 0 radical (unpaired) electrons. The van der Waals surface area contributed by atoms with Crippen molar-refractivity contribution in [2.24, 2.45) is 0 Å². The summed E-state index contributed by atoms with van der Waals surface area (Å²) in [7, 11) is 1.26. The zero-order valence-electron chi connectivity index (χ0n) is 16.1. The Labute approximate surface area is 182 Å². The lowest BCUT2D eigenvalue weighted by Crippen LogP contribution is -2.57. The molecule has 1 amide bonds. The fourth-order valence-corrected chi connectivity index (χ4v) is 4.28. The van der Waals surface area contributed by atoms with E-state index in [1.165, 1.54) is 7.11 Å². The zero-order valence-corrected chi connectivity index (χ0v) is 19.2. The Bertz CT molecular complexity index is 784. The molecule has 156 valence electrons. The first-order chi connectivity index (χ1) is 12.9. The molecule has 2 N–H and O–H groups in total. The highest BCUT2D eigenvalue weighted by molar-refractivity contribution is 9.10. The molecule has 0 aliphatic carbocycles. The molecule has 0 spiro atoms. The van der Waals surface area contributed by atoms with Gasteiger partial charge in [-0.1, -0.05) is 39.1 Å². The topological polar surface area (TPSA) is 88.1 Å². The summed E-state index contributed by atoms with van der Waals surface area (Å²) in [6, 6.07) is 1.60. The van der Waals surface area contributed by atoms with Crippen LogP contribution in [-0.2, 0) is 20.9 Å². The van der Waals surface area contributed by atoms with Gasteiger partial charge in [-0.15, -0.1) is 0 Å². The molecule has 1 fully saturated rings. The third-order valence-corrected chi connectivity index (χ3v) is 5.79. The number of benzene rings is 1. The summed E-state index contributed by atoms with van der Waals surface area (Å²) in [6.45, 7) is 5.37. The van der Waals surface area contributed by atoms with Crippen molar-refractivity contribution < 1.29 is 24.2 Å². The Morgan fingerprint density at radius 1 is 1.39 bits per heavy atom. The molecule has 28 heavy (non-hydrogen) atoms. The number of carbonyl (C=O) groups excluding carboxylic acids is 2. The van der Waals surface area contributed by atoms with E-state index in [0.717, 1.165) is 0 Å². The number of aliphatic hydroxyl groups excluding tert-OH is 1. The average molecular weight is 498 g/mol. The molecule has 1 aromatic carbocycles. The van der Waals surface area contributed by atoms with Gasteiger partial charge in [0.15, 0.2) is 5.54 Å². The number of halogens is 3. The number of nitrogens with one attached hydrogen (secondary N) is 1. The van der Waals surface area contributed by atoms with Crippen LogP contribution in [0.25, 0.3) is 0 Å². The molecule has 1 atom stereocenters. The van der Waals surface area contributed by atoms with Crippen LogP contribution in [0.15, 0.2) is 10.5 Å². The summed E-state index contributed by atoms with van der Waals surface area (Å²) in [5.41, 5.74) is -1.00. The first kappa shape index (κ1) is 23.1. The number of nitrogens with zero attached hydrogens (tertiary/aromatic N) is 1. The summed E-state index contributed by atoms with van der Waals surface area (Å²) in [5, 5.41) is 13.0. The molecule has 2 rings (SSSR count). The number of esters is 1. The average Bonchev–Trinajstić information content (AvgIpc) is 2.99. The van der Waals surface area contributed by atoms with Crippen molar-refractivity contribution in [3.05, 3.63) is 26.1 Å². The lowest BCUT2D eigenvalue weighted by Gasteiger charge is -2.30.